The van der Waals surface area contributed by atoms with Crippen molar-refractivity contribution in [2.75, 3.05) is 13.2 Å². The fraction of sp³-hybridized carbons (Fsp3) is 0.471. The lowest BCUT2D eigenvalue weighted by Crippen LogP contribution is -2.35. The van der Waals surface area contributed by atoms with E-state index < -0.39 is 6.04 Å². The van der Waals surface area contributed by atoms with E-state index in [1.54, 1.807) is 25.1 Å². The minimum Gasteiger partial charge on any atom is -0.465 e. The zero-order valence-electron chi connectivity index (χ0n) is 14.5. The number of hydrogen-bond donors (Lipinski definition) is 0. The molecular formula is C17H21Cl2N3O3. The topological polar surface area (TPSA) is 68.5 Å². The maximum Gasteiger partial charge on any atom is 0.328 e. The van der Waals surface area contributed by atoms with Gasteiger partial charge >= 0.3 is 5.97 Å². The molecule has 8 heteroatoms. The third kappa shape index (κ3) is 5.17. The number of carbonyl (C=O) groups excluding carboxylic acids is 1. The molecule has 0 spiro atoms. The van der Waals surface area contributed by atoms with Crippen LogP contribution in [-0.2, 0) is 22.5 Å². The molecule has 25 heavy (non-hydrogen) atoms. The zero-order valence-corrected chi connectivity index (χ0v) is 16.0. The maximum atomic E-state index is 12.6. The molecule has 1 unspecified atom stereocenters. The second-order valence-electron chi connectivity index (χ2n) is 5.38. The molecule has 0 radical (unpaired) electrons. The molecule has 0 saturated carbocycles. The van der Waals surface area contributed by atoms with E-state index in [0.29, 0.717) is 46.8 Å². The average molecular weight is 386 g/mol. The Morgan fingerprint density at radius 3 is 2.44 bits per heavy atom. The molecule has 0 saturated heterocycles. The van der Waals surface area contributed by atoms with E-state index >= 15 is 0 Å². The van der Waals surface area contributed by atoms with Crippen LogP contribution in [0.1, 0.15) is 44.1 Å². The number of nitrogens with zero attached hydrogens (tertiary/aromatic N) is 3. The van der Waals surface area contributed by atoms with Crippen molar-refractivity contribution >= 4 is 29.2 Å². The van der Waals surface area contributed by atoms with Gasteiger partial charge in [0.05, 0.1) is 13.2 Å². The van der Waals surface area contributed by atoms with Crippen LogP contribution < -0.4 is 0 Å². The number of likely N-dealkylation sites (N-methyl/N-ethyl adjacent to an activating group) is 1. The van der Waals surface area contributed by atoms with E-state index in [9.17, 15) is 4.79 Å². The van der Waals surface area contributed by atoms with Crippen molar-refractivity contribution in [2.45, 2.75) is 39.8 Å². The SMILES string of the molecule is CCOC(=O)C(c1cc(Cl)cc(Cl)c1)N(CC)Cc1nc(CC)no1. The molecule has 1 aromatic carbocycles. The van der Waals surface area contributed by atoms with Crippen molar-refractivity contribution in [1.29, 1.82) is 0 Å². The van der Waals surface area contributed by atoms with Crippen LogP contribution in [0.2, 0.25) is 10.0 Å². The van der Waals surface area contributed by atoms with Crippen LogP contribution in [0, 0.1) is 0 Å². The molecule has 1 heterocycles. The number of aromatic nitrogens is 2. The lowest BCUT2D eigenvalue weighted by atomic mass is 10.1. The highest BCUT2D eigenvalue weighted by Crippen LogP contribution is 2.29. The Hall–Kier alpha value is -1.63. The third-order valence-corrected chi connectivity index (χ3v) is 4.08. The number of ether oxygens (including phenoxy) is 1. The van der Waals surface area contributed by atoms with E-state index in [-0.39, 0.29) is 12.6 Å². The van der Waals surface area contributed by atoms with Gasteiger partial charge in [-0.3, -0.25) is 4.90 Å². The summed E-state index contributed by atoms with van der Waals surface area (Å²) in [5.41, 5.74) is 0.660. The van der Waals surface area contributed by atoms with Crippen LogP contribution in [0.25, 0.3) is 0 Å². The van der Waals surface area contributed by atoms with Crippen molar-refractivity contribution in [1.82, 2.24) is 15.0 Å². The predicted molar refractivity (Wildman–Crippen MR) is 95.6 cm³/mol. The van der Waals surface area contributed by atoms with Crippen molar-refractivity contribution in [3.05, 3.63) is 45.5 Å². The van der Waals surface area contributed by atoms with Gasteiger partial charge in [0.1, 0.15) is 6.04 Å². The number of esters is 1. The molecule has 0 aliphatic rings. The van der Waals surface area contributed by atoms with Gasteiger partial charge in [0.25, 0.3) is 0 Å². The number of aryl methyl sites for hydroxylation is 1. The smallest absolute Gasteiger partial charge is 0.328 e. The molecule has 2 rings (SSSR count). The molecule has 1 atom stereocenters. The predicted octanol–water partition coefficient (Wildman–Crippen LogP) is 4.07. The van der Waals surface area contributed by atoms with E-state index in [4.69, 9.17) is 32.5 Å². The lowest BCUT2D eigenvalue weighted by Gasteiger charge is -2.28. The molecule has 1 aromatic heterocycles. The Balaban J connectivity index is 2.35. The Morgan fingerprint density at radius 1 is 1.24 bits per heavy atom. The molecule has 0 amide bonds. The maximum absolute atomic E-state index is 12.6. The van der Waals surface area contributed by atoms with Crippen LogP contribution in [0.3, 0.4) is 0 Å². The van der Waals surface area contributed by atoms with Gasteiger partial charge < -0.3 is 9.26 Å². The van der Waals surface area contributed by atoms with E-state index in [0.717, 1.165) is 0 Å². The van der Waals surface area contributed by atoms with Gasteiger partial charge in [0, 0.05) is 16.5 Å². The normalized spacial score (nSPS) is 12.4. The minimum absolute atomic E-state index is 0.279. The molecule has 0 aliphatic carbocycles. The van der Waals surface area contributed by atoms with Gasteiger partial charge in [-0.15, -0.1) is 0 Å². The Kier molecular flexibility index (Phi) is 7.23. The number of halogens is 2. The average Bonchev–Trinajstić information content (AvgIpc) is 3.01. The van der Waals surface area contributed by atoms with Gasteiger partial charge in [-0.1, -0.05) is 42.2 Å². The van der Waals surface area contributed by atoms with Gasteiger partial charge in [0.2, 0.25) is 5.89 Å². The Morgan fingerprint density at radius 2 is 1.92 bits per heavy atom. The van der Waals surface area contributed by atoms with Crippen LogP contribution >= 0.6 is 23.2 Å². The van der Waals surface area contributed by atoms with Crippen LogP contribution in [0.4, 0.5) is 0 Å². The Labute approximate surface area is 157 Å². The molecule has 6 nitrogen and oxygen atoms in total. The summed E-state index contributed by atoms with van der Waals surface area (Å²) in [4.78, 5) is 18.8. The molecule has 0 fully saturated rings. The monoisotopic (exact) mass is 385 g/mol. The summed E-state index contributed by atoms with van der Waals surface area (Å²) in [5, 5.41) is 4.81. The summed E-state index contributed by atoms with van der Waals surface area (Å²) in [5.74, 6) is 0.698. The summed E-state index contributed by atoms with van der Waals surface area (Å²) in [6.45, 7) is 6.81. The minimum atomic E-state index is -0.668. The van der Waals surface area contributed by atoms with Crippen LogP contribution in [0.5, 0.6) is 0 Å². The van der Waals surface area contributed by atoms with Crippen molar-refractivity contribution in [2.24, 2.45) is 0 Å². The van der Waals surface area contributed by atoms with E-state index in [1.807, 2.05) is 18.7 Å². The van der Waals surface area contributed by atoms with E-state index in [2.05, 4.69) is 10.1 Å². The van der Waals surface area contributed by atoms with Gasteiger partial charge in [-0.25, -0.2) is 4.79 Å². The van der Waals surface area contributed by atoms with Crippen LogP contribution in [0.15, 0.2) is 22.7 Å². The summed E-state index contributed by atoms with van der Waals surface area (Å²) in [6.07, 6.45) is 0.681. The summed E-state index contributed by atoms with van der Waals surface area (Å²) in [6, 6.07) is 4.38. The second-order valence-corrected chi connectivity index (χ2v) is 6.25. The molecular weight excluding hydrogens is 365 g/mol. The highest BCUT2D eigenvalue weighted by Gasteiger charge is 2.30. The van der Waals surface area contributed by atoms with Gasteiger partial charge in [-0.05, 0) is 37.2 Å². The van der Waals surface area contributed by atoms with Gasteiger partial charge in [-0.2, -0.15) is 4.98 Å². The standard InChI is InChI=1S/C17H21Cl2N3O3/c1-4-14-20-15(25-21-14)10-22(5-2)16(17(23)24-6-3)11-7-12(18)9-13(19)8-11/h7-9,16H,4-6,10H2,1-3H3. The molecule has 0 bridgehead atoms. The highest BCUT2D eigenvalue weighted by atomic mass is 35.5. The molecule has 0 aliphatic heterocycles. The quantitative estimate of drug-likeness (QED) is 0.638. The van der Waals surface area contributed by atoms with Gasteiger partial charge in [0.15, 0.2) is 5.82 Å². The highest BCUT2D eigenvalue weighted by molar-refractivity contribution is 6.34. The van der Waals surface area contributed by atoms with E-state index in [1.165, 1.54) is 0 Å². The third-order valence-electron chi connectivity index (χ3n) is 3.65. The van der Waals surface area contributed by atoms with Crippen molar-refractivity contribution < 1.29 is 14.1 Å². The fourth-order valence-electron chi connectivity index (χ4n) is 2.51. The first-order valence-electron chi connectivity index (χ1n) is 8.16. The zero-order chi connectivity index (χ0) is 18.4. The first kappa shape index (κ1) is 19.7. The first-order valence-corrected chi connectivity index (χ1v) is 8.92. The summed E-state index contributed by atoms with van der Waals surface area (Å²) < 4.78 is 10.5. The Bertz CT molecular complexity index is 701. The largest absolute Gasteiger partial charge is 0.465 e. The number of hydrogen-bond acceptors (Lipinski definition) is 6. The lowest BCUT2D eigenvalue weighted by molar-refractivity contribution is -0.150. The molecule has 136 valence electrons. The number of rotatable bonds is 8. The summed E-state index contributed by atoms with van der Waals surface area (Å²) in [7, 11) is 0. The first-order chi connectivity index (χ1) is 12.0. The molecule has 0 N–H and O–H groups in total. The van der Waals surface area contributed by atoms with Crippen molar-refractivity contribution in [3.63, 3.8) is 0 Å². The summed E-state index contributed by atoms with van der Waals surface area (Å²) >= 11 is 12.2. The van der Waals surface area contributed by atoms with Crippen LogP contribution in [-0.4, -0.2) is 34.2 Å². The number of benzene rings is 1. The molecule has 2 aromatic rings. The van der Waals surface area contributed by atoms with Crippen molar-refractivity contribution in [3.8, 4) is 0 Å². The second kappa shape index (κ2) is 9.17. The number of carbonyl (C=O) groups is 1. The fourth-order valence-corrected chi connectivity index (χ4v) is 3.05.